The van der Waals surface area contributed by atoms with E-state index >= 15 is 0 Å². The van der Waals surface area contributed by atoms with E-state index in [1.807, 2.05) is 0 Å². The van der Waals surface area contributed by atoms with Gasteiger partial charge in [-0.1, -0.05) is 15.9 Å². The third-order valence-electron chi connectivity index (χ3n) is 3.04. The Bertz CT molecular complexity index is 559. The highest BCUT2D eigenvalue weighted by atomic mass is 79.9. The van der Waals surface area contributed by atoms with Crippen LogP contribution in [0.4, 0.5) is 5.82 Å². The van der Waals surface area contributed by atoms with Crippen LogP contribution in [0, 0.1) is 6.92 Å². The molecule has 1 fully saturated rings. The third kappa shape index (κ3) is 2.24. The molecule has 2 aromatic rings. The lowest BCUT2D eigenvalue weighted by molar-refractivity contribution is 0.0569. The Labute approximate surface area is 118 Å². The van der Waals surface area contributed by atoms with Crippen LogP contribution in [0.1, 0.15) is 4.88 Å². The number of thiophene rings is 1. The van der Waals surface area contributed by atoms with Gasteiger partial charge in [-0.05, 0) is 13.0 Å². The minimum atomic E-state index is 0.239. The Balaban J connectivity index is 1.98. The molecule has 4 nitrogen and oxygen atoms in total. The fraction of sp³-hybridized carbons (Fsp3) is 0.500. The minimum absolute atomic E-state index is 0.239. The van der Waals surface area contributed by atoms with Crippen LogP contribution in [-0.4, -0.2) is 41.1 Å². The largest absolute Gasteiger partial charge is 0.374 e. The molecule has 6 heteroatoms. The lowest BCUT2D eigenvalue weighted by Crippen LogP contribution is -2.43. The predicted octanol–water partition coefficient (Wildman–Crippen LogP) is 2.60. The zero-order valence-corrected chi connectivity index (χ0v) is 12.5. The molecule has 0 N–H and O–H groups in total. The molecule has 96 valence electrons. The summed E-state index contributed by atoms with van der Waals surface area (Å²) in [5.41, 5.74) is 0. The fourth-order valence-electron chi connectivity index (χ4n) is 2.22. The Hall–Kier alpha value is -0.720. The van der Waals surface area contributed by atoms with Gasteiger partial charge in [-0.2, -0.15) is 0 Å². The molecule has 2 aromatic heterocycles. The van der Waals surface area contributed by atoms with Crippen molar-refractivity contribution < 1.29 is 4.74 Å². The van der Waals surface area contributed by atoms with Gasteiger partial charge >= 0.3 is 0 Å². The van der Waals surface area contributed by atoms with Gasteiger partial charge < -0.3 is 9.64 Å². The van der Waals surface area contributed by atoms with Gasteiger partial charge in [0.1, 0.15) is 17.0 Å². The number of ether oxygens (including phenoxy) is 1. The van der Waals surface area contributed by atoms with Crippen molar-refractivity contribution in [3.05, 3.63) is 17.3 Å². The molecule has 0 aromatic carbocycles. The van der Waals surface area contributed by atoms with Crippen LogP contribution in [0.3, 0.4) is 0 Å². The van der Waals surface area contributed by atoms with E-state index in [2.05, 4.69) is 43.8 Å². The van der Waals surface area contributed by atoms with Crippen LogP contribution in [0.25, 0.3) is 10.2 Å². The van der Waals surface area contributed by atoms with Gasteiger partial charge in [0, 0.05) is 23.3 Å². The van der Waals surface area contributed by atoms with Crippen molar-refractivity contribution in [3.8, 4) is 0 Å². The number of nitrogens with zero attached hydrogens (tertiary/aromatic N) is 3. The first-order valence-corrected chi connectivity index (χ1v) is 7.85. The molecule has 1 aliphatic heterocycles. The molecule has 0 aliphatic carbocycles. The molecule has 1 aliphatic rings. The zero-order chi connectivity index (χ0) is 12.5. The average Bonchev–Trinajstić information content (AvgIpc) is 2.78. The second-order valence-corrected chi connectivity index (χ2v) is 6.25. The van der Waals surface area contributed by atoms with Gasteiger partial charge in [0.15, 0.2) is 0 Å². The zero-order valence-electron chi connectivity index (χ0n) is 10.1. The number of morpholine rings is 1. The monoisotopic (exact) mass is 327 g/mol. The van der Waals surface area contributed by atoms with Crippen LogP contribution in [-0.2, 0) is 4.74 Å². The van der Waals surface area contributed by atoms with E-state index < -0.39 is 0 Å². The summed E-state index contributed by atoms with van der Waals surface area (Å²) in [5.74, 6) is 1.04. The van der Waals surface area contributed by atoms with Gasteiger partial charge in [-0.3, -0.25) is 0 Å². The van der Waals surface area contributed by atoms with Gasteiger partial charge in [-0.15, -0.1) is 11.3 Å². The summed E-state index contributed by atoms with van der Waals surface area (Å²) in [6.07, 6.45) is 1.90. The summed E-state index contributed by atoms with van der Waals surface area (Å²) in [6.45, 7) is 4.64. The number of alkyl halides is 1. The SMILES string of the molecule is Cc1cc2c(N3CCOC(CBr)C3)ncnc2s1. The summed E-state index contributed by atoms with van der Waals surface area (Å²) in [4.78, 5) is 13.4. The van der Waals surface area contributed by atoms with Crippen LogP contribution in [0.5, 0.6) is 0 Å². The topological polar surface area (TPSA) is 38.2 Å². The Morgan fingerprint density at radius 2 is 2.44 bits per heavy atom. The first-order chi connectivity index (χ1) is 8.78. The summed E-state index contributed by atoms with van der Waals surface area (Å²) >= 11 is 5.20. The van der Waals surface area contributed by atoms with Gasteiger partial charge in [0.25, 0.3) is 0 Å². The number of aromatic nitrogens is 2. The third-order valence-corrected chi connectivity index (χ3v) is 4.72. The van der Waals surface area contributed by atoms with Gasteiger partial charge in [-0.25, -0.2) is 9.97 Å². The molecule has 1 atom stereocenters. The smallest absolute Gasteiger partial charge is 0.140 e. The number of anilines is 1. The van der Waals surface area contributed by atoms with Crippen molar-refractivity contribution in [2.75, 3.05) is 29.9 Å². The van der Waals surface area contributed by atoms with E-state index in [1.165, 1.54) is 4.88 Å². The minimum Gasteiger partial charge on any atom is -0.374 e. The van der Waals surface area contributed by atoms with Crippen LogP contribution < -0.4 is 4.90 Å². The van der Waals surface area contributed by atoms with Crippen LogP contribution >= 0.6 is 27.3 Å². The average molecular weight is 328 g/mol. The summed E-state index contributed by atoms with van der Waals surface area (Å²) in [7, 11) is 0. The molecule has 3 rings (SSSR count). The van der Waals surface area contributed by atoms with E-state index in [-0.39, 0.29) is 6.10 Å². The molecule has 0 spiro atoms. The second-order valence-electron chi connectivity index (χ2n) is 4.37. The van der Waals surface area contributed by atoms with Crippen molar-refractivity contribution >= 4 is 43.3 Å². The van der Waals surface area contributed by atoms with E-state index in [4.69, 9.17) is 4.74 Å². The van der Waals surface area contributed by atoms with Crippen LogP contribution in [0.15, 0.2) is 12.4 Å². The van der Waals surface area contributed by atoms with Crippen molar-refractivity contribution in [1.82, 2.24) is 9.97 Å². The number of fused-ring (bicyclic) bond motifs is 1. The molecule has 1 unspecified atom stereocenters. The Morgan fingerprint density at radius 3 is 3.28 bits per heavy atom. The van der Waals surface area contributed by atoms with Crippen molar-refractivity contribution in [2.24, 2.45) is 0 Å². The lowest BCUT2D eigenvalue weighted by atomic mass is 10.2. The first kappa shape index (κ1) is 12.3. The first-order valence-electron chi connectivity index (χ1n) is 5.91. The fourth-order valence-corrected chi connectivity index (χ4v) is 3.45. The molecule has 3 heterocycles. The second kappa shape index (κ2) is 5.11. The number of halogens is 1. The quantitative estimate of drug-likeness (QED) is 0.795. The van der Waals surface area contributed by atoms with E-state index in [0.717, 1.165) is 41.1 Å². The number of hydrogen-bond donors (Lipinski definition) is 0. The van der Waals surface area contributed by atoms with Crippen molar-refractivity contribution in [3.63, 3.8) is 0 Å². The molecule has 18 heavy (non-hydrogen) atoms. The number of rotatable bonds is 2. The predicted molar refractivity (Wildman–Crippen MR) is 77.9 cm³/mol. The highest BCUT2D eigenvalue weighted by Gasteiger charge is 2.22. The maximum Gasteiger partial charge on any atom is 0.140 e. The van der Waals surface area contributed by atoms with Crippen LogP contribution in [0.2, 0.25) is 0 Å². The molecule has 0 bridgehead atoms. The highest BCUT2D eigenvalue weighted by molar-refractivity contribution is 9.09. The maximum atomic E-state index is 5.67. The molecule has 1 saturated heterocycles. The Morgan fingerprint density at radius 1 is 1.56 bits per heavy atom. The highest BCUT2D eigenvalue weighted by Crippen LogP contribution is 2.30. The van der Waals surface area contributed by atoms with Gasteiger partial charge in [0.2, 0.25) is 0 Å². The number of aryl methyl sites for hydroxylation is 1. The van der Waals surface area contributed by atoms with E-state index in [1.54, 1.807) is 17.7 Å². The standard InChI is InChI=1S/C12H14BrN3OS/c1-8-4-10-11(14-7-15-12(10)18-8)16-2-3-17-9(5-13)6-16/h4,7,9H,2-3,5-6H2,1H3. The van der Waals surface area contributed by atoms with Gasteiger partial charge in [0.05, 0.1) is 18.1 Å². The maximum absolute atomic E-state index is 5.67. The molecule has 0 saturated carbocycles. The van der Waals surface area contributed by atoms with Crippen molar-refractivity contribution in [2.45, 2.75) is 13.0 Å². The molecule has 0 amide bonds. The van der Waals surface area contributed by atoms with Crippen molar-refractivity contribution in [1.29, 1.82) is 0 Å². The molecular weight excluding hydrogens is 314 g/mol. The summed E-state index contributed by atoms with van der Waals surface area (Å²) in [6, 6.07) is 2.17. The van der Waals surface area contributed by atoms with E-state index in [0.29, 0.717) is 0 Å². The molecular formula is C12H14BrN3OS. The Kier molecular flexibility index (Phi) is 3.50. The molecule has 0 radical (unpaired) electrons. The normalized spacial score (nSPS) is 20.6. The lowest BCUT2D eigenvalue weighted by Gasteiger charge is -2.33. The summed E-state index contributed by atoms with van der Waals surface area (Å²) < 4.78 is 5.67. The van der Waals surface area contributed by atoms with E-state index in [9.17, 15) is 0 Å². The summed E-state index contributed by atoms with van der Waals surface area (Å²) in [5, 5.41) is 2.02. The number of hydrogen-bond acceptors (Lipinski definition) is 5.